The third-order valence-electron chi connectivity index (χ3n) is 4.13. The summed E-state index contributed by atoms with van der Waals surface area (Å²) < 4.78 is 5.24. The Balaban J connectivity index is 1.54. The Bertz CT molecular complexity index is 778. The maximum atomic E-state index is 4.61. The molecule has 4 heterocycles. The van der Waals surface area contributed by atoms with Crippen LogP contribution in [0.1, 0.15) is 36.6 Å². The Morgan fingerprint density at radius 2 is 2.14 bits per heavy atom. The normalized spacial score (nSPS) is 15.0. The van der Waals surface area contributed by atoms with Crippen molar-refractivity contribution in [1.29, 1.82) is 0 Å². The van der Waals surface area contributed by atoms with Gasteiger partial charge >= 0.3 is 0 Å². The Kier molecular flexibility index (Phi) is 3.33. The number of rotatable bonds is 3. The van der Waals surface area contributed by atoms with Crippen molar-refractivity contribution in [2.75, 3.05) is 5.32 Å². The standard InChI is InChI=1S/C14H19N7S/c1-9-12-13(20(2)19-9)16-14(22-12)15-8-11-18-17-10-6-4-3-5-7-21(10)11/h3-8H2,1-2H3,(H,15,16). The van der Waals surface area contributed by atoms with Crippen LogP contribution in [0.4, 0.5) is 5.13 Å². The fraction of sp³-hybridized carbons (Fsp3) is 0.571. The van der Waals surface area contributed by atoms with E-state index in [0.717, 1.165) is 45.8 Å². The van der Waals surface area contributed by atoms with E-state index in [1.165, 1.54) is 19.3 Å². The molecule has 0 saturated carbocycles. The van der Waals surface area contributed by atoms with Crippen molar-refractivity contribution in [3.05, 3.63) is 17.3 Å². The van der Waals surface area contributed by atoms with Crippen LogP contribution in [0, 0.1) is 6.92 Å². The molecule has 0 aromatic carbocycles. The molecule has 8 heteroatoms. The first-order chi connectivity index (χ1) is 10.7. The summed E-state index contributed by atoms with van der Waals surface area (Å²) in [6, 6.07) is 0. The van der Waals surface area contributed by atoms with Crippen LogP contribution >= 0.6 is 11.3 Å². The molecule has 0 aliphatic carbocycles. The molecule has 116 valence electrons. The largest absolute Gasteiger partial charge is 0.354 e. The third kappa shape index (κ3) is 2.27. The molecule has 0 atom stereocenters. The van der Waals surface area contributed by atoms with Crippen LogP contribution in [0.15, 0.2) is 0 Å². The third-order valence-corrected chi connectivity index (χ3v) is 5.24. The van der Waals surface area contributed by atoms with E-state index in [1.54, 1.807) is 11.3 Å². The fourth-order valence-electron chi connectivity index (χ4n) is 2.99. The first kappa shape index (κ1) is 13.7. The molecule has 3 aromatic heterocycles. The van der Waals surface area contributed by atoms with Crippen molar-refractivity contribution in [2.24, 2.45) is 7.05 Å². The fourth-order valence-corrected chi connectivity index (χ4v) is 3.92. The Morgan fingerprint density at radius 1 is 1.23 bits per heavy atom. The molecule has 22 heavy (non-hydrogen) atoms. The van der Waals surface area contributed by atoms with Crippen molar-refractivity contribution in [2.45, 2.75) is 45.7 Å². The highest BCUT2D eigenvalue weighted by Crippen LogP contribution is 2.28. The molecule has 0 spiro atoms. The summed E-state index contributed by atoms with van der Waals surface area (Å²) in [7, 11) is 1.93. The van der Waals surface area contributed by atoms with Gasteiger partial charge in [0.25, 0.3) is 0 Å². The summed E-state index contributed by atoms with van der Waals surface area (Å²) in [5.74, 6) is 2.13. The molecular formula is C14H19N7S. The predicted octanol–water partition coefficient (Wildman–Crippen LogP) is 2.27. The van der Waals surface area contributed by atoms with E-state index in [9.17, 15) is 0 Å². The molecule has 4 rings (SSSR count). The number of nitrogens with one attached hydrogen (secondary N) is 1. The van der Waals surface area contributed by atoms with Crippen molar-refractivity contribution < 1.29 is 0 Å². The van der Waals surface area contributed by atoms with E-state index in [0.29, 0.717) is 6.54 Å². The molecule has 0 radical (unpaired) electrons. The summed E-state index contributed by atoms with van der Waals surface area (Å²) in [4.78, 5) is 4.61. The van der Waals surface area contributed by atoms with Gasteiger partial charge in [0.05, 0.1) is 16.9 Å². The van der Waals surface area contributed by atoms with E-state index in [1.807, 2.05) is 18.7 Å². The highest BCUT2D eigenvalue weighted by Gasteiger charge is 2.16. The maximum Gasteiger partial charge on any atom is 0.185 e. The van der Waals surface area contributed by atoms with Gasteiger partial charge in [-0.15, -0.1) is 10.2 Å². The van der Waals surface area contributed by atoms with E-state index in [2.05, 4.69) is 30.2 Å². The Morgan fingerprint density at radius 3 is 3.00 bits per heavy atom. The van der Waals surface area contributed by atoms with Gasteiger partial charge in [-0.2, -0.15) is 5.10 Å². The lowest BCUT2D eigenvalue weighted by molar-refractivity contribution is 0.610. The number of nitrogens with zero attached hydrogens (tertiary/aromatic N) is 6. The minimum atomic E-state index is 0.666. The Labute approximate surface area is 132 Å². The SMILES string of the molecule is Cc1nn(C)c2nc(NCc3nnc4n3CCCCC4)sc12. The van der Waals surface area contributed by atoms with Crippen molar-refractivity contribution >= 4 is 26.8 Å². The molecule has 0 saturated heterocycles. The summed E-state index contributed by atoms with van der Waals surface area (Å²) >= 11 is 1.65. The van der Waals surface area contributed by atoms with Gasteiger partial charge in [-0.25, -0.2) is 9.67 Å². The quantitative estimate of drug-likeness (QED) is 0.802. The first-order valence-electron chi connectivity index (χ1n) is 7.67. The van der Waals surface area contributed by atoms with E-state index >= 15 is 0 Å². The lowest BCUT2D eigenvalue weighted by Gasteiger charge is -2.07. The molecule has 1 aliphatic rings. The average molecular weight is 317 g/mol. The van der Waals surface area contributed by atoms with Crippen LogP contribution in [-0.4, -0.2) is 29.5 Å². The molecule has 0 unspecified atom stereocenters. The van der Waals surface area contributed by atoms with Crippen molar-refractivity contribution in [1.82, 2.24) is 29.5 Å². The number of anilines is 1. The van der Waals surface area contributed by atoms with Gasteiger partial charge < -0.3 is 9.88 Å². The smallest absolute Gasteiger partial charge is 0.185 e. The molecular weight excluding hydrogens is 298 g/mol. The molecule has 3 aromatic rings. The molecule has 0 fully saturated rings. The molecule has 0 amide bonds. The summed E-state index contributed by atoms with van der Waals surface area (Å²) in [6.45, 7) is 3.71. The minimum absolute atomic E-state index is 0.666. The second kappa shape index (κ2) is 5.35. The van der Waals surface area contributed by atoms with Gasteiger partial charge in [-0.05, 0) is 19.8 Å². The molecule has 7 nitrogen and oxygen atoms in total. The van der Waals surface area contributed by atoms with E-state index < -0.39 is 0 Å². The highest BCUT2D eigenvalue weighted by atomic mass is 32.1. The minimum Gasteiger partial charge on any atom is -0.354 e. The van der Waals surface area contributed by atoms with Gasteiger partial charge in [0, 0.05) is 20.0 Å². The average Bonchev–Trinajstić information content (AvgIpc) is 3.10. The van der Waals surface area contributed by atoms with E-state index in [-0.39, 0.29) is 0 Å². The van der Waals surface area contributed by atoms with Crippen LogP contribution in [0.5, 0.6) is 0 Å². The lowest BCUT2D eigenvalue weighted by atomic mass is 10.2. The second-order valence-electron chi connectivity index (χ2n) is 5.73. The lowest BCUT2D eigenvalue weighted by Crippen LogP contribution is -2.10. The van der Waals surface area contributed by atoms with Crippen LogP contribution in [0.2, 0.25) is 0 Å². The van der Waals surface area contributed by atoms with Gasteiger partial charge in [-0.3, -0.25) is 0 Å². The molecule has 1 N–H and O–H groups in total. The topological polar surface area (TPSA) is 73.5 Å². The summed E-state index contributed by atoms with van der Waals surface area (Å²) in [6.07, 6.45) is 4.75. The van der Waals surface area contributed by atoms with Gasteiger partial charge in [0.15, 0.2) is 16.6 Å². The van der Waals surface area contributed by atoms with Crippen LogP contribution in [0.3, 0.4) is 0 Å². The van der Waals surface area contributed by atoms with Gasteiger partial charge in [0.1, 0.15) is 5.82 Å². The van der Waals surface area contributed by atoms with Crippen molar-refractivity contribution in [3.8, 4) is 0 Å². The zero-order valence-electron chi connectivity index (χ0n) is 12.8. The predicted molar refractivity (Wildman–Crippen MR) is 86.0 cm³/mol. The molecule has 0 bridgehead atoms. The van der Waals surface area contributed by atoms with Crippen molar-refractivity contribution in [3.63, 3.8) is 0 Å². The number of hydrogen-bond acceptors (Lipinski definition) is 6. The first-order valence-corrected chi connectivity index (χ1v) is 8.49. The van der Waals surface area contributed by atoms with Crippen LogP contribution in [0.25, 0.3) is 10.3 Å². The second-order valence-corrected chi connectivity index (χ2v) is 6.73. The van der Waals surface area contributed by atoms with Crippen LogP contribution in [-0.2, 0) is 26.6 Å². The van der Waals surface area contributed by atoms with Gasteiger partial charge in [-0.1, -0.05) is 17.8 Å². The number of fused-ring (bicyclic) bond motifs is 2. The number of hydrogen-bond donors (Lipinski definition) is 1. The monoisotopic (exact) mass is 317 g/mol. The summed E-state index contributed by atoms with van der Waals surface area (Å²) in [5.41, 5.74) is 1.96. The Hall–Kier alpha value is -1.96. The van der Waals surface area contributed by atoms with Crippen LogP contribution < -0.4 is 5.32 Å². The highest BCUT2D eigenvalue weighted by molar-refractivity contribution is 7.22. The van der Waals surface area contributed by atoms with E-state index in [4.69, 9.17) is 0 Å². The summed E-state index contributed by atoms with van der Waals surface area (Å²) in [5, 5.41) is 17.4. The number of thiazole rings is 1. The van der Waals surface area contributed by atoms with Gasteiger partial charge in [0.2, 0.25) is 0 Å². The zero-order chi connectivity index (χ0) is 15.1. The molecule has 1 aliphatic heterocycles. The zero-order valence-corrected chi connectivity index (χ0v) is 13.7. The number of aryl methyl sites for hydroxylation is 3. The number of aromatic nitrogens is 6. The maximum absolute atomic E-state index is 4.61.